The Morgan fingerprint density at radius 3 is 2.78 bits per heavy atom. The molecule has 1 aliphatic heterocycles. The van der Waals surface area contributed by atoms with E-state index in [-0.39, 0.29) is 17.5 Å². The lowest BCUT2D eigenvalue weighted by Crippen LogP contribution is -2.41. The Morgan fingerprint density at radius 1 is 1.11 bits per heavy atom. The highest BCUT2D eigenvalue weighted by molar-refractivity contribution is 5.97. The Balaban J connectivity index is 1.64. The van der Waals surface area contributed by atoms with Gasteiger partial charge in [-0.25, -0.2) is 4.98 Å². The number of aryl methyl sites for hydroxylation is 1. The standard InChI is InChI=1S/C22H29N3O2/c1-15-8-5-6-9-18(15)24-21(26)16-11-12-17-19(14-16)23-20-10-4-2-3-7-13-25(20)22(17)27/h11-12,14-15,18H,2-10,13H2,1H3,(H,24,26). The van der Waals surface area contributed by atoms with Gasteiger partial charge in [0.05, 0.1) is 10.9 Å². The average molecular weight is 367 g/mol. The highest BCUT2D eigenvalue weighted by atomic mass is 16.1. The van der Waals surface area contributed by atoms with Crippen molar-refractivity contribution >= 4 is 16.8 Å². The van der Waals surface area contributed by atoms with Crippen LogP contribution in [0.5, 0.6) is 0 Å². The van der Waals surface area contributed by atoms with Crippen LogP contribution in [-0.2, 0) is 13.0 Å². The third kappa shape index (κ3) is 3.78. The fraction of sp³-hybridized carbons (Fsp3) is 0.591. The van der Waals surface area contributed by atoms with Crippen LogP contribution >= 0.6 is 0 Å². The first-order valence-corrected chi connectivity index (χ1v) is 10.5. The number of fused-ring (bicyclic) bond motifs is 2. The van der Waals surface area contributed by atoms with Crippen molar-refractivity contribution in [3.63, 3.8) is 0 Å². The number of carbonyl (C=O) groups is 1. The molecule has 0 bridgehead atoms. The zero-order chi connectivity index (χ0) is 18.8. The molecule has 2 unspecified atom stereocenters. The number of hydrogen-bond acceptors (Lipinski definition) is 3. The molecule has 5 nitrogen and oxygen atoms in total. The van der Waals surface area contributed by atoms with E-state index in [1.165, 1.54) is 32.1 Å². The van der Waals surface area contributed by atoms with Crippen molar-refractivity contribution in [3.8, 4) is 0 Å². The predicted molar refractivity (Wildman–Crippen MR) is 107 cm³/mol. The normalized spacial score (nSPS) is 23.3. The van der Waals surface area contributed by atoms with E-state index < -0.39 is 0 Å². The van der Waals surface area contributed by atoms with Gasteiger partial charge in [0.25, 0.3) is 11.5 Å². The first-order chi connectivity index (χ1) is 13.1. The van der Waals surface area contributed by atoms with Crippen LogP contribution in [0, 0.1) is 5.92 Å². The molecule has 1 aromatic heterocycles. The van der Waals surface area contributed by atoms with Crippen LogP contribution in [0.2, 0.25) is 0 Å². The fourth-order valence-electron chi connectivity index (χ4n) is 4.52. The van der Waals surface area contributed by atoms with E-state index in [4.69, 9.17) is 4.98 Å². The molecule has 2 aromatic rings. The summed E-state index contributed by atoms with van der Waals surface area (Å²) in [6.07, 6.45) is 9.94. The van der Waals surface area contributed by atoms with Gasteiger partial charge in [0, 0.05) is 24.6 Å². The average Bonchev–Trinajstić information content (AvgIpc) is 2.65. The molecule has 1 fully saturated rings. The minimum absolute atomic E-state index is 0.0322. The summed E-state index contributed by atoms with van der Waals surface area (Å²) in [5.41, 5.74) is 1.28. The Labute approximate surface area is 160 Å². The van der Waals surface area contributed by atoms with Crippen molar-refractivity contribution in [3.05, 3.63) is 39.9 Å². The second-order valence-electron chi connectivity index (χ2n) is 8.22. The van der Waals surface area contributed by atoms with Crippen molar-refractivity contribution in [1.82, 2.24) is 14.9 Å². The van der Waals surface area contributed by atoms with Gasteiger partial charge in [0.2, 0.25) is 0 Å². The molecule has 1 aliphatic carbocycles. The SMILES string of the molecule is CC1CCCCC1NC(=O)c1ccc2c(=O)n3c(nc2c1)CCCCCC3. The summed E-state index contributed by atoms with van der Waals surface area (Å²) >= 11 is 0. The minimum atomic E-state index is -0.0516. The van der Waals surface area contributed by atoms with Crippen LogP contribution in [0.4, 0.5) is 0 Å². The molecule has 1 N–H and O–H groups in total. The molecule has 27 heavy (non-hydrogen) atoms. The molecular formula is C22H29N3O2. The van der Waals surface area contributed by atoms with E-state index in [0.717, 1.165) is 38.1 Å². The van der Waals surface area contributed by atoms with E-state index >= 15 is 0 Å². The number of hydrogen-bond donors (Lipinski definition) is 1. The zero-order valence-corrected chi connectivity index (χ0v) is 16.2. The van der Waals surface area contributed by atoms with Crippen molar-refractivity contribution in [2.75, 3.05) is 0 Å². The number of nitrogens with zero attached hydrogens (tertiary/aromatic N) is 2. The van der Waals surface area contributed by atoms with Crippen molar-refractivity contribution in [2.45, 2.75) is 77.3 Å². The largest absolute Gasteiger partial charge is 0.349 e. The van der Waals surface area contributed by atoms with Crippen LogP contribution in [-0.4, -0.2) is 21.5 Å². The third-order valence-electron chi connectivity index (χ3n) is 6.26. The van der Waals surface area contributed by atoms with E-state index in [0.29, 0.717) is 22.4 Å². The third-order valence-corrected chi connectivity index (χ3v) is 6.26. The lowest BCUT2D eigenvalue weighted by molar-refractivity contribution is 0.0910. The van der Waals surface area contributed by atoms with Gasteiger partial charge < -0.3 is 5.32 Å². The molecule has 2 atom stereocenters. The molecule has 5 heteroatoms. The predicted octanol–water partition coefficient (Wildman–Crippen LogP) is 3.82. The summed E-state index contributed by atoms with van der Waals surface area (Å²) in [6, 6.07) is 5.58. The molecule has 144 valence electrons. The minimum Gasteiger partial charge on any atom is -0.349 e. The van der Waals surface area contributed by atoms with Crippen molar-refractivity contribution < 1.29 is 4.79 Å². The van der Waals surface area contributed by atoms with Crippen LogP contribution in [0.1, 0.15) is 74.5 Å². The number of amides is 1. The molecule has 1 amide bonds. The monoisotopic (exact) mass is 367 g/mol. The molecule has 0 radical (unpaired) electrons. The van der Waals surface area contributed by atoms with Crippen molar-refractivity contribution in [1.29, 1.82) is 0 Å². The Hall–Kier alpha value is -2.17. The van der Waals surface area contributed by atoms with Gasteiger partial charge in [-0.05, 0) is 49.8 Å². The topological polar surface area (TPSA) is 64.0 Å². The van der Waals surface area contributed by atoms with E-state index in [1.54, 1.807) is 18.2 Å². The lowest BCUT2D eigenvalue weighted by atomic mass is 9.86. The van der Waals surface area contributed by atoms with Crippen LogP contribution < -0.4 is 10.9 Å². The van der Waals surface area contributed by atoms with E-state index in [1.807, 2.05) is 4.57 Å². The molecule has 1 saturated carbocycles. The van der Waals surface area contributed by atoms with Crippen LogP contribution in [0.25, 0.3) is 10.9 Å². The quantitative estimate of drug-likeness (QED) is 0.877. The molecule has 4 rings (SSSR count). The number of carbonyl (C=O) groups excluding carboxylic acids is 1. The maximum Gasteiger partial charge on any atom is 0.261 e. The van der Waals surface area contributed by atoms with E-state index in [9.17, 15) is 9.59 Å². The number of rotatable bonds is 2. The summed E-state index contributed by atoms with van der Waals surface area (Å²) < 4.78 is 1.84. The molecule has 0 spiro atoms. The molecule has 2 aliphatic rings. The Kier molecular flexibility index (Phi) is 5.28. The molecule has 1 aromatic carbocycles. The summed E-state index contributed by atoms with van der Waals surface area (Å²) in [6.45, 7) is 2.96. The highest BCUT2D eigenvalue weighted by Crippen LogP contribution is 2.24. The molecule has 0 saturated heterocycles. The summed E-state index contributed by atoms with van der Waals surface area (Å²) in [5.74, 6) is 1.33. The zero-order valence-electron chi connectivity index (χ0n) is 16.2. The van der Waals surface area contributed by atoms with Crippen LogP contribution in [0.15, 0.2) is 23.0 Å². The highest BCUT2D eigenvalue weighted by Gasteiger charge is 2.23. The summed E-state index contributed by atoms with van der Waals surface area (Å²) in [7, 11) is 0. The van der Waals surface area contributed by atoms with Gasteiger partial charge in [0.1, 0.15) is 5.82 Å². The fourth-order valence-corrected chi connectivity index (χ4v) is 4.52. The lowest BCUT2D eigenvalue weighted by Gasteiger charge is -2.29. The number of benzene rings is 1. The Bertz CT molecular complexity index is 902. The Morgan fingerprint density at radius 2 is 1.93 bits per heavy atom. The first-order valence-electron chi connectivity index (χ1n) is 10.5. The first kappa shape index (κ1) is 18.2. The van der Waals surface area contributed by atoms with Gasteiger partial charge in [-0.15, -0.1) is 0 Å². The number of aromatic nitrogens is 2. The van der Waals surface area contributed by atoms with Gasteiger partial charge in [-0.3, -0.25) is 14.2 Å². The molecular weight excluding hydrogens is 338 g/mol. The van der Waals surface area contributed by atoms with Crippen molar-refractivity contribution in [2.24, 2.45) is 5.92 Å². The maximum atomic E-state index is 12.9. The summed E-state index contributed by atoms with van der Waals surface area (Å²) in [4.78, 5) is 30.4. The maximum absolute atomic E-state index is 12.9. The number of nitrogens with one attached hydrogen (secondary N) is 1. The van der Waals surface area contributed by atoms with Gasteiger partial charge in [-0.2, -0.15) is 0 Å². The smallest absolute Gasteiger partial charge is 0.261 e. The second-order valence-corrected chi connectivity index (χ2v) is 8.22. The van der Waals surface area contributed by atoms with E-state index in [2.05, 4.69) is 12.2 Å². The van der Waals surface area contributed by atoms with Gasteiger partial charge >= 0.3 is 0 Å². The molecule has 2 heterocycles. The van der Waals surface area contributed by atoms with Crippen LogP contribution in [0.3, 0.4) is 0 Å². The summed E-state index contributed by atoms with van der Waals surface area (Å²) in [5, 5.41) is 3.81. The second kappa shape index (κ2) is 7.83. The van der Waals surface area contributed by atoms with Gasteiger partial charge in [0.15, 0.2) is 0 Å². The van der Waals surface area contributed by atoms with Gasteiger partial charge in [-0.1, -0.05) is 32.6 Å².